The fourth-order valence-corrected chi connectivity index (χ4v) is 4.17. The van der Waals surface area contributed by atoms with Crippen LogP contribution < -0.4 is 0 Å². The zero-order valence-electron chi connectivity index (χ0n) is 14.5. The second-order valence-electron chi connectivity index (χ2n) is 7.67. The Balaban J connectivity index is 1.91. The van der Waals surface area contributed by atoms with Crippen molar-refractivity contribution in [3.63, 3.8) is 0 Å². The van der Waals surface area contributed by atoms with E-state index in [0.29, 0.717) is 6.54 Å². The van der Waals surface area contributed by atoms with Gasteiger partial charge in [-0.15, -0.1) is 0 Å². The van der Waals surface area contributed by atoms with Gasteiger partial charge in [0.25, 0.3) is 0 Å². The van der Waals surface area contributed by atoms with Crippen molar-refractivity contribution in [2.24, 2.45) is 11.3 Å². The molecule has 0 bridgehead atoms. The van der Waals surface area contributed by atoms with E-state index in [9.17, 15) is 5.11 Å². The van der Waals surface area contributed by atoms with Crippen LogP contribution in [0.25, 0.3) is 0 Å². The van der Waals surface area contributed by atoms with Gasteiger partial charge in [0, 0.05) is 5.02 Å². The molecule has 5 heteroatoms. The average molecular weight is 348 g/mol. The number of hydrogen-bond donors (Lipinski definition) is 1. The molecule has 1 aromatic carbocycles. The third-order valence-corrected chi connectivity index (χ3v) is 5.97. The lowest BCUT2D eigenvalue weighted by atomic mass is 9.65. The minimum atomic E-state index is -0.823. The fraction of sp³-hybridized carbons (Fsp3) is 0.579. The van der Waals surface area contributed by atoms with Crippen molar-refractivity contribution < 1.29 is 5.11 Å². The Morgan fingerprint density at radius 3 is 2.67 bits per heavy atom. The molecule has 0 saturated heterocycles. The summed E-state index contributed by atoms with van der Waals surface area (Å²) in [6, 6.07) is 7.98. The predicted molar refractivity (Wildman–Crippen MR) is 95.9 cm³/mol. The van der Waals surface area contributed by atoms with Gasteiger partial charge in [-0.05, 0) is 48.3 Å². The van der Waals surface area contributed by atoms with Crippen molar-refractivity contribution in [1.29, 1.82) is 0 Å². The summed E-state index contributed by atoms with van der Waals surface area (Å²) in [5.74, 6) is 0.181. The third-order valence-electron chi connectivity index (χ3n) is 5.72. The summed E-state index contributed by atoms with van der Waals surface area (Å²) < 4.78 is 1.77. The summed E-state index contributed by atoms with van der Waals surface area (Å²) in [6.07, 6.45) is 8.43. The summed E-state index contributed by atoms with van der Waals surface area (Å²) in [5.41, 5.74) is 0.225. The monoisotopic (exact) mass is 347 g/mol. The molecule has 1 saturated carbocycles. The number of nitrogens with zero attached hydrogens (tertiary/aromatic N) is 3. The van der Waals surface area contributed by atoms with Gasteiger partial charge in [0.1, 0.15) is 12.7 Å². The summed E-state index contributed by atoms with van der Waals surface area (Å²) in [7, 11) is 0. The van der Waals surface area contributed by atoms with Crippen LogP contribution >= 0.6 is 11.6 Å². The molecular formula is C19H26ClN3O. The lowest BCUT2D eigenvalue weighted by molar-refractivity contribution is -0.124. The molecule has 1 N–H and O–H groups in total. The lowest BCUT2D eigenvalue weighted by Gasteiger charge is -2.46. The first kappa shape index (κ1) is 17.4. The van der Waals surface area contributed by atoms with Gasteiger partial charge in [0.2, 0.25) is 0 Å². The maximum Gasteiger partial charge on any atom is 0.137 e. The first-order valence-electron chi connectivity index (χ1n) is 8.70. The van der Waals surface area contributed by atoms with Crippen LogP contribution in [0.15, 0.2) is 36.9 Å². The molecule has 0 spiro atoms. The molecular weight excluding hydrogens is 322 g/mol. The van der Waals surface area contributed by atoms with E-state index in [1.54, 1.807) is 11.0 Å². The Bertz CT molecular complexity index is 654. The summed E-state index contributed by atoms with van der Waals surface area (Å²) in [5, 5.41) is 16.8. The quantitative estimate of drug-likeness (QED) is 0.846. The largest absolute Gasteiger partial charge is 0.387 e. The first-order chi connectivity index (χ1) is 11.4. The molecule has 1 aliphatic carbocycles. The zero-order valence-corrected chi connectivity index (χ0v) is 15.2. The van der Waals surface area contributed by atoms with Gasteiger partial charge in [-0.2, -0.15) is 5.10 Å². The van der Waals surface area contributed by atoms with Crippen molar-refractivity contribution >= 4 is 11.6 Å². The van der Waals surface area contributed by atoms with Crippen molar-refractivity contribution in [2.75, 3.05) is 0 Å². The van der Waals surface area contributed by atoms with Gasteiger partial charge in [-0.1, -0.05) is 50.4 Å². The van der Waals surface area contributed by atoms with Gasteiger partial charge < -0.3 is 5.11 Å². The number of rotatable bonds is 4. The molecule has 0 aliphatic heterocycles. The number of aliphatic hydroxyl groups is 1. The molecule has 1 aromatic heterocycles. The van der Waals surface area contributed by atoms with Crippen LogP contribution in [0.2, 0.25) is 5.02 Å². The van der Waals surface area contributed by atoms with E-state index in [-0.39, 0.29) is 11.3 Å². The van der Waals surface area contributed by atoms with Gasteiger partial charge in [-0.25, -0.2) is 4.98 Å². The normalized spacial score (nSPS) is 26.9. The third kappa shape index (κ3) is 3.50. The van der Waals surface area contributed by atoms with E-state index in [4.69, 9.17) is 11.6 Å². The summed E-state index contributed by atoms with van der Waals surface area (Å²) in [6.45, 7) is 4.85. The Morgan fingerprint density at radius 1 is 1.25 bits per heavy atom. The zero-order chi connectivity index (χ0) is 17.2. The second kappa shape index (κ2) is 6.85. The number of benzene rings is 1. The molecule has 0 radical (unpaired) electrons. The summed E-state index contributed by atoms with van der Waals surface area (Å²) in [4.78, 5) is 4.03. The summed E-state index contributed by atoms with van der Waals surface area (Å²) >= 11 is 6.01. The first-order valence-corrected chi connectivity index (χ1v) is 9.08. The molecule has 24 heavy (non-hydrogen) atoms. The van der Waals surface area contributed by atoms with Crippen LogP contribution in [0.5, 0.6) is 0 Å². The molecule has 4 nitrogen and oxygen atoms in total. The molecule has 1 heterocycles. The van der Waals surface area contributed by atoms with Gasteiger partial charge in [0.05, 0.1) is 12.1 Å². The maximum atomic E-state index is 11.8. The molecule has 2 atom stereocenters. The van der Waals surface area contributed by atoms with Crippen molar-refractivity contribution in [1.82, 2.24) is 14.8 Å². The molecule has 2 aromatic rings. The lowest BCUT2D eigenvalue weighted by Crippen LogP contribution is -2.53. The second-order valence-corrected chi connectivity index (χ2v) is 8.11. The number of aromatic nitrogens is 3. The highest BCUT2D eigenvalue weighted by Crippen LogP contribution is 2.47. The standard InChI is InChI=1S/C19H26ClN3O/c1-18(2)10-4-3-5-16(11-15-6-8-17(20)9-7-15)19(18,24)12-23-14-21-13-22-23/h6-9,13-14,16,24H,3-5,10-12H2,1-2H3/t16-,19+/m0/s1. The molecule has 0 amide bonds. The predicted octanol–water partition coefficient (Wildman–Crippen LogP) is 4.12. The van der Waals surface area contributed by atoms with Gasteiger partial charge in [0.15, 0.2) is 0 Å². The van der Waals surface area contributed by atoms with Crippen molar-refractivity contribution in [2.45, 2.75) is 58.1 Å². The van der Waals surface area contributed by atoms with Crippen LogP contribution in [-0.4, -0.2) is 25.5 Å². The van der Waals surface area contributed by atoms with Crippen LogP contribution in [-0.2, 0) is 13.0 Å². The average Bonchev–Trinajstić information content (AvgIpc) is 3.01. The maximum absolute atomic E-state index is 11.8. The van der Waals surface area contributed by atoms with E-state index in [1.165, 1.54) is 11.9 Å². The Kier molecular flexibility index (Phi) is 4.97. The van der Waals surface area contributed by atoms with E-state index >= 15 is 0 Å². The number of halogens is 1. The van der Waals surface area contributed by atoms with Crippen LogP contribution in [0.4, 0.5) is 0 Å². The minimum Gasteiger partial charge on any atom is -0.387 e. The number of hydrogen-bond acceptors (Lipinski definition) is 3. The van der Waals surface area contributed by atoms with Crippen LogP contribution in [0.3, 0.4) is 0 Å². The Labute approximate surface area is 148 Å². The molecule has 3 rings (SSSR count). The molecule has 0 unspecified atom stereocenters. The van der Waals surface area contributed by atoms with E-state index in [1.807, 2.05) is 12.1 Å². The van der Waals surface area contributed by atoms with Crippen LogP contribution in [0.1, 0.15) is 45.1 Å². The fourth-order valence-electron chi connectivity index (χ4n) is 4.05. The van der Waals surface area contributed by atoms with Crippen LogP contribution in [0, 0.1) is 11.3 Å². The van der Waals surface area contributed by atoms with E-state index in [0.717, 1.165) is 37.1 Å². The Hall–Kier alpha value is -1.39. The van der Waals surface area contributed by atoms with Gasteiger partial charge >= 0.3 is 0 Å². The topological polar surface area (TPSA) is 50.9 Å². The highest BCUT2D eigenvalue weighted by atomic mass is 35.5. The minimum absolute atomic E-state index is 0.174. The molecule has 130 valence electrons. The van der Waals surface area contributed by atoms with Crippen molar-refractivity contribution in [3.05, 3.63) is 47.5 Å². The van der Waals surface area contributed by atoms with E-state index in [2.05, 4.69) is 36.1 Å². The highest BCUT2D eigenvalue weighted by Gasteiger charge is 2.50. The molecule has 1 aliphatic rings. The molecule has 1 fully saturated rings. The Morgan fingerprint density at radius 2 is 2.00 bits per heavy atom. The van der Waals surface area contributed by atoms with Gasteiger partial charge in [-0.3, -0.25) is 4.68 Å². The smallest absolute Gasteiger partial charge is 0.137 e. The SMILES string of the molecule is CC1(C)CCCC[C@@H](Cc2ccc(Cl)cc2)[C@]1(O)Cn1cncn1. The van der Waals surface area contributed by atoms with Crippen molar-refractivity contribution in [3.8, 4) is 0 Å². The van der Waals surface area contributed by atoms with E-state index < -0.39 is 5.60 Å². The highest BCUT2D eigenvalue weighted by molar-refractivity contribution is 6.30.